The van der Waals surface area contributed by atoms with Gasteiger partial charge in [0.25, 0.3) is 5.56 Å². The number of aromatic nitrogens is 1. The Balaban J connectivity index is 2.05. The molecule has 1 aliphatic rings. The molecular formula is C18H29N3O4S. The van der Waals surface area contributed by atoms with Gasteiger partial charge in [0.2, 0.25) is 15.9 Å². The topological polar surface area (TPSA) is 88.5 Å². The fraction of sp³-hybridized carbons (Fsp3) is 0.667. The standard InChI is InChI=1S/C18H29N3O4S/c1-3-21(4-2)26(24,25)16-10-11-18(23)20(14-16)13-12-17(22)19-15-8-6-5-7-9-15/h10-11,14-15H,3-9,12-13H2,1-2H3,(H,19,22). The minimum Gasteiger partial charge on any atom is -0.353 e. The highest BCUT2D eigenvalue weighted by Crippen LogP contribution is 2.17. The van der Waals surface area contributed by atoms with E-state index in [-0.39, 0.29) is 35.4 Å². The maximum absolute atomic E-state index is 12.6. The molecule has 1 heterocycles. The van der Waals surface area contributed by atoms with Gasteiger partial charge in [-0.05, 0) is 18.9 Å². The van der Waals surface area contributed by atoms with Crippen LogP contribution in [0.5, 0.6) is 0 Å². The van der Waals surface area contributed by atoms with E-state index in [1.165, 1.54) is 33.6 Å². The zero-order valence-electron chi connectivity index (χ0n) is 15.6. The average molecular weight is 384 g/mol. The van der Waals surface area contributed by atoms with Crippen molar-refractivity contribution in [2.75, 3.05) is 13.1 Å². The molecule has 1 fully saturated rings. The minimum atomic E-state index is -3.63. The third-order valence-electron chi connectivity index (χ3n) is 4.85. The fourth-order valence-electron chi connectivity index (χ4n) is 3.32. The Kier molecular flexibility index (Phi) is 7.40. The highest BCUT2D eigenvalue weighted by Gasteiger charge is 2.22. The van der Waals surface area contributed by atoms with Crippen LogP contribution >= 0.6 is 0 Å². The Labute approximate surface area is 155 Å². The van der Waals surface area contributed by atoms with Crippen LogP contribution < -0.4 is 10.9 Å². The number of hydrogen-bond acceptors (Lipinski definition) is 4. The fourth-order valence-corrected chi connectivity index (χ4v) is 4.80. The predicted octanol–water partition coefficient (Wildman–Crippen LogP) is 1.72. The summed E-state index contributed by atoms with van der Waals surface area (Å²) in [4.78, 5) is 24.2. The first kappa shape index (κ1) is 20.6. The van der Waals surface area contributed by atoms with Crippen LogP contribution in [-0.4, -0.2) is 42.3 Å². The van der Waals surface area contributed by atoms with E-state index < -0.39 is 10.0 Å². The van der Waals surface area contributed by atoms with Gasteiger partial charge >= 0.3 is 0 Å². The Morgan fingerprint density at radius 3 is 2.46 bits per heavy atom. The van der Waals surface area contributed by atoms with Crippen LogP contribution in [0.25, 0.3) is 0 Å². The van der Waals surface area contributed by atoms with Crippen LogP contribution in [0.3, 0.4) is 0 Å². The molecule has 0 aromatic carbocycles. The van der Waals surface area contributed by atoms with E-state index in [0.717, 1.165) is 25.7 Å². The van der Waals surface area contributed by atoms with E-state index in [1.807, 2.05) is 0 Å². The van der Waals surface area contributed by atoms with Crippen molar-refractivity contribution in [3.05, 3.63) is 28.7 Å². The lowest BCUT2D eigenvalue weighted by Crippen LogP contribution is -2.37. The summed E-state index contributed by atoms with van der Waals surface area (Å²) in [5.41, 5.74) is -0.311. The number of sulfonamides is 1. The van der Waals surface area contributed by atoms with E-state index in [9.17, 15) is 18.0 Å². The van der Waals surface area contributed by atoms with Gasteiger partial charge in [0.05, 0.1) is 4.90 Å². The summed E-state index contributed by atoms with van der Waals surface area (Å²) in [7, 11) is -3.63. The van der Waals surface area contributed by atoms with Gasteiger partial charge in [0.1, 0.15) is 0 Å². The van der Waals surface area contributed by atoms with Gasteiger partial charge in [-0.2, -0.15) is 4.31 Å². The second kappa shape index (κ2) is 9.32. The minimum absolute atomic E-state index is 0.0773. The molecular weight excluding hydrogens is 354 g/mol. The molecule has 1 N–H and O–H groups in total. The number of nitrogens with zero attached hydrogens (tertiary/aromatic N) is 2. The van der Waals surface area contributed by atoms with Gasteiger partial charge in [0, 0.05) is 44.4 Å². The molecule has 0 atom stereocenters. The lowest BCUT2D eigenvalue weighted by Gasteiger charge is -2.23. The molecule has 1 aromatic heterocycles. The highest BCUT2D eigenvalue weighted by molar-refractivity contribution is 7.89. The summed E-state index contributed by atoms with van der Waals surface area (Å²) in [6, 6.07) is 2.80. The van der Waals surface area contributed by atoms with Gasteiger partial charge in [0.15, 0.2) is 0 Å². The van der Waals surface area contributed by atoms with Gasteiger partial charge in [-0.15, -0.1) is 0 Å². The van der Waals surface area contributed by atoms with E-state index in [2.05, 4.69) is 5.32 Å². The molecule has 0 aliphatic heterocycles. The summed E-state index contributed by atoms with van der Waals surface area (Å²) in [5, 5.41) is 3.01. The number of amides is 1. The van der Waals surface area contributed by atoms with Crippen molar-refractivity contribution in [1.82, 2.24) is 14.2 Å². The van der Waals surface area contributed by atoms with Crippen molar-refractivity contribution >= 4 is 15.9 Å². The number of carbonyl (C=O) groups is 1. The van der Waals surface area contributed by atoms with Crippen LogP contribution in [0.2, 0.25) is 0 Å². The first-order valence-electron chi connectivity index (χ1n) is 9.38. The van der Waals surface area contributed by atoms with Gasteiger partial charge in [-0.1, -0.05) is 33.1 Å². The summed E-state index contributed by atoms with van der Waals surface area (Å²) in [5.74, 6) is -0.0965. The van der Waals surface area contributed by atoms with Crippen molar-refractivity contribution in [3.8, 4) is 0 Å². The monoisotopic (exact) mass is 383 g/mol. The van der Waals surface area contributed by atoms with Crippen LogP contribution in [0, 0.1) is 0 Å². The molecule has 0 unspecified atom stereocenters. The Bertz CT molecular complexity index is 763. The molecule has 1 aromatic rings. The highest BCUT2D eigenvalue weighted by atomic mass is 32.2. The number of rotatable bonds is 8. The molecule has 7 nitrogen and oxygen atoms in total. The largest absolute Gasteiger partial charge is 0.353 e. The SMILES string of the molecule is CCN(CC)S(=O)(=O)c1ccc(=O)n(CCC(=O)NC2CCCCC2)c1. The first-order chi connectivity index (χ1) is 12.4. The van der Waals surface area contributed by atoms with E-state index in [0.29, 0.717) is 13.1 Å². The Morgan fingerprint density at radius 1 is 1.19 bits per heavy atom. The van der Waals surface area contributed by atoms with Crippen LogP contribution in [0.4, 0.5) is 0 Å². The van der Waals surface area contributed by atoms with E-state index >= 15 is 0 Å². The molecule has 1 aliphatic carbocycles. The van der Waals surface area contributed by atoms with E-state index in [1.54, 1.807) is 13.8 Å². The number of pyridine rings is 1. The molecule has 0 radical (unpaired) electrons. The average Bonchev–Trinajstić information content (AvgIpc) is 2.62. The van der Waals surface area contributed by atoms with Crippen molar-refractivity contribution in [2.45, 2.75) is 69.9 Å². The normalized spacial score (nSPS) is 16.0. The third-order valence-corrected chi connectivity index (χ3v) is 6.88. The molecule has 0 bridgehead atoms. The lowest BCUT2D eigenvalue weighted by molar-refractivity contribution is -0.122. The molecule has 146 valence electrons. The van der Waals surface area contributed by atoms with Crippen LogP contribution in [-0.2, 0) is 21.4 Å². The smallest absolute Gasteiger partial charge is 0.250 e. The number of carbonyl (C=O) groups excluding carboxylic acids is 1. The zero-order chi connectivity index (χ0) is 19.2. The molecule has 1 saturated carbocycles. The van der Waals surface area contributed by atoms with Crippen LogP contribution in [0.1, 0.15) is 52.4 Å². The summed E-state index contributed by atoms with van der Waals surface area (Å²) in [6.45, 7) is 4.43. The quantitative estimate of drug-likeness (QED) is 0.740. The van der Waals surface area contributed by atoms with Gasteiger partial charge in [-0.3, -0.25) is 9.59 Å². The summed E-state index contributed by atoms with van der Waals surface area (Å²) < 4.78 is 27.8. The van der Waals surface area contributed by atoms with Crippen molar-refractivity contribution in [3.63, 3.8) is 0 Å². The van der Waals surface area contributed by atoms with Crippen molar-refractivity contribution < 1.29 is 13.2 Å². The molecule has 2 rings (SSSR count). The first-order valence-corrected chi connectivity index (χ1v) is 10.8. The molecule has 0 saturated heterocycles. The number of aryl methyl sites for hydroxylation is 1. The maximum atomic E-state index is 12.6. The third kappa shape index (κ3) is 5.17. The summed E-state index contributed by atoms with van der Waals surface area (Å²) >= 11 is 0. The Hall–Kier alpha value is -1.67. The Morgan fingerprint density at radius 2 is 1.85 bits per heavy atom. The van der Waals surface area contributed by atoms with E-state index in [4.69, 9.17) is 0 Å². The van der Waals surface area contributed by atoms with Gasteiger partial charge in [-0.25, -0.2) is 8.42 Å². The second-order valence-corrected chi connectivity index (χ2v) is 8.58. The predicted molar refractivity (Wildman–Crippen MR) is 100 cm³/mol. The lowest BCUT2D eigenvalue weighted by atomic mass is 9.95. The molecule has 0 spiro atoms. The van der Waals surface area contributed by atoms with Crippen LogP contribution in [0.15, 0.2) is 28.0 Å². The summed E-state index contributed by atoms with van der Waals surface area (Å²) in [6.07, 6.45) is 6.99. The second-order valence-electron chi connectivity index (χ2n) is 6.64. The van der Waals surface area contributed by atoms with Crippen molar-refractivity contribution in [1.29, 1.82) is 0 Å². The maximum Gasteiger partial charge on any atom is 0.250 e. The van der Waals surface area contributed by atoms with Crippen molar-refractivity contribution in [2.24, 2.45) is 0 Å². The molecule has 8 heteroatoms. The zero-order valence-corrected chi connectivity index (χ0v) is 16.4. The van der Waals surface area contributed by atoms with Gasteiger partial charge < -0.3 is 9.88 Å². The molecule has 1 amide bonds. The molecule has 26 heavy (non-hydrogen) atoms. The number of nitrogens with one attached hydrogen (secondary N) is 1. The number of hydrogen-bond donors (Lipinski definition) is 1.